The molecule has 2 aromatic carbocycles. The van der Waals surface area contributed by atoms with Gasteiger partial charge in [-0.25, -0.2) is 17.5 Å². The van der Waals surface area contributed by atoms with Gasteiger partial charge in [0.15, 0.2) is 0 Å². The van der Waals surface area contributed by atoms with E-state index in [1.807, 2.05) is 0 Å². The third-order valence-corrected chi connectivity index (χ3v) is 5.21. The lowest BCUT2D eigenvalue weighted by atomic mass is 10.2. The van der Waals surface area contributed by atoms with E-state index in [1.54, 1.807) is 24.4 Å². The van der Waals surface area contributed by atoms with Crippen LogP contribution in [0.4, 0.5) is 4.39 Å². The summed E-state index contributed by atoms with van der Waals surface area (Å²) in [5.74, 6) is -0.469. The second-order valence-electron chi connectivity index (χ2n) is 4.91. The van der Waals surface area contributed by atoms with Gasteiger partial charge in [-0.3, -0.25) is 4.98 Å². The lowest BCUT2D eigenvalue weighted by molar-refractivity contribution is 0.582. The highest BCUT2D eigenvalue weighted by molar-refractivity contribution is 7.89. The van der Waals surface area contributed by atoms with E-state index in [1.165, 1.54) is 24.4 Å². The van der Waals surface area contributed by atoms with E-state index in [9.17, 15) is 12.8 Å². The quantitative estimate of drug-likeness (QED) is 0.783. The predicted molar refractivity (Wildman–Crippen MR) is 87.2 cm³/mol. The van der Waals surface area contributed by atoms with Crippen LogP contribution in [0.2, 0.25) is 5.02 Å². The topological polar surface area (TPSA) is 59.1 Å². The van der Waals surface area contributed by atoms with Gasteiger partial charge in [-0.1, -0.05) is 29.8 Å². The largest absolute Gasteiger partial charge is 0.264 e. The number of benzene rings is 2. The lowest BCUT2D eigenvalue weighted by Crippen LogP contribution is -2.23. The first-order chi connectivity index (χ1) is 11.0. The zero-order valence-corrected chi connectivity index (χ0v) is 13.4. The molecule has 0 radical (unpaired) electrons. The van der Waals surface area contributed by atoms with Crippen molar-refractivity contribution in [3.8, 4) is 0 Å². The van der Waals surface area contributed by atoms with Crippen LogP contribution in [0, 0.1) is 5.82 Å². The van der Waals surface area contributed by atoms with Crippen molar-refractivity contribution in [1.29, 1.82) is 0 Å². The molecule has 4 nitrogen and oxygen atoms in total. The molecule has 0 spiro atoms. The summed E-state index contributed by atoms with van der Waals surface area (Å²) in [6.07, 6.45) is 3.14. The van der Waals surface area contributed by atoms with Crippen LogP contribution >= 0.6 is 11.6 Å². The van der Waals surface area contributed by atoms with Gasteiger partial charge in [0, 0.05) is 34.7 Å². The number of nitrogens with zero attached hydrogens (tertiary/aromatic N) is 1. The molecule has 7 heteroatoms. The minimum Gasteiger partial charge on any atom is -0.264 e. The summed E-state index contributed by atoms with van der Waals surface area (Å²) < 4.78 is 40.6. The summed E-state index contributed by atoms with van der Waals surface area (Å²) in [6.45, 7) is -0.0249. The number of hydrogen-bond donors (Lipinski definition) is 1. The minimum atomic E-state index is -3.74. The first-order valence-corrected chi connectivity index (χ1v) is 8.60. The summed E-state index contributed by atoms with van der Waals surface area (Å²) in [5.41, 5.74) is 0.499. The Bertz CT molecular complexity index is 971. The smallest absolute Gasteiger partial charge is 0.241 e. The molecule has 23 heavy (non-hydrogen) atoms. The van der Waals surface area contributed by atoms with Crippen molar-refractivity contribution < 1.29 is 12.8 Å². The Kier molecular flexibility index (Phi) is 4.30. The Balaban J connectivity index is 1.92. The number of halogens is 2. The Morgan fingerprint density at radius 1 is 1.17 bits per heavy atom. The van der Waals surface area contributed by atoms with Crippen molar-refractivity contribution in [1.82, 2.24) is 9.71 Å². The molecule has 1 aromatic heterocycles. The molecular weight excluding hydrogens is 339 g/mol. The monoisotopic (exact) mass is 350 g/mol. The first kappa shape index (κ1) is 15.9. The molecule has 0 aliphatic carbocycles. The van der Waals surface area contributed by atoms with Crippen LogP contribution in [0.5, 0.6) is 0 Å². The molecule has 118 valence electrons. The third-order valence-electron chi connectivity index (χ3n) is 3.40. The fraction of sp³-hybridized carbons (Fsp3) is 0.0625. The molecule has 0 atom stereocenters. The van der Waals surface area contributed by atoms with Crippen LogP contribution < -0.4 is 4.72 Å². The standard InChI is InChI=1S/C16H12ClFN2O2S/c17-15-8-13(18)5-4-12(15)10-20-23(21,22)16-3-1-2-11-9-19-7-6-14(11)16/h1-9,20H,10H2. The third kappa shape index (κ3) is 3.34. The van der Waals surface area contributed by atoms with Gasteiger partial charge in [-0.15, -0.1) is 0 Å². The maximum Gasteiger partial charge on any atom is 0.241 e. The summed E-state index contributed by atoms with van der Waals surface area (Å²) >= 11 is 5.92. The average molecular weight is 351 g/mol. The minimum absolute atomic E-state index is 0.0249. The van der Waals surface area contributed by atoms with E-state index in [0.29, 0.717) is 10.9 Å². The van der Waals surface area contributed by atoms with Crippen molar-refractivity contribution in [3.05, 3.63) is 71.3 Å². The van der Waals surface area contributed by atoms with Crippen molar-refractivity contribution in [3.63, 3.8) is 0 Å². The maximum atomic E-state index is 13.0. The van der Waals surface area contributed by atoms with Crippen LogP contribution in [0.3, 0.4) is 0 Å². The van der Waals surface area contributed by atoms with Gasteiger partial charge in [0.25, 0.3) is 0 Å². The molecule has 0 saturated heterocycles. The Hall–Kier alpha value is -2.02. The Morgan fingerprint density at radius 2 is 2.00 bits per heavy atom. The molecule has 3 aromatic rings. The van der Waals surface area contributed by atoms with Crippen molar-refractivity contribution in [2.45, 2.75) is 11.4 Å². The van der Waals surface area contributed by atoms with Gasteiger partial charge in [0.05, 0.1) is 4.90 Å². The Labute approximate surface area is 138 Å². The number of nitrogens with one attached hydrogen (secondary N) is 1. The van der Waals surface area contributed by atoms with Crippen LogP contribution in [-0.4, -0.2) is 13.4 Å². The summed E-state index contributed by atoms with van der Waals surface area (Å²) in [6, 6.07) is 10.5. The highest BCUT2D eigenvalue weighted by Gasteiger charge is 2.17. The fourth-order valence-corrected chi connectivity index (χ4v) is 3.71. The molecular formula is C16H12ClFN2O2S. The zero-order valence-electron chi connectivity index (χ0n) is 11.8. The van der Waals surface area contributed by atoms with E-state index in [2.05, 4.69) is 9.71 Å². The van der Waals surface area contributed by atoms with Crippen LogP contribution in [0.15, 0.2) is 59.8 Å². The Morgan fingerprint density at radius 3 is 2.78 bits per heavy atom. The van der Waals surface area contributed by atoms with Crippen molar-refractivity contribution in [2.24, 2.45) is 0 Å². The number of hydrogen-bond acceptors (Lipinski definition) is 3. The molecule has 1 heterocycles. The van der Waals surface area contributed by atoms with Gasteiger partial charge in [-0.05, 0) is 29.8 Å². The number of rotatable bonds is 4. The highest BCUT2D eigenvalue weighted by atomic mass is 35.5. The van der Waals surface area contributed by atoms with Gasteiger partial charge in [0.2, 0.25) is 10.0 Å². The molecule has 0 aliphatic heterocycles. The molecule has 0 bridgehead atoms. The molecule has 0 aliphatic rings. The molecule has 3 rings (SSSR count). The molecule has 0 fully saturated rings. The molecule has 1 N–H and O–H groups in total. The van der Waals surface area contributed by atoms with Crippen molar-refractivity contribution in [2.75, 3.05) is 0 Å². The summed E-state index contributed by atoms with van der Waals surface area (Å²) in [5, 5.41) is 1.49. The SMILES string of the molecule is O=S(=O)(NCc1ccc(F)cc1Cl)c1cccc2cnccc12. The maximum absolute atomic E-state index is 13.0. The van der Waals surface area contributed by atoms with Crippen LogP contribution in [0.1, 0.15) is 5.56 Å². The van der Waals surface area contributed by atoms with E-state index >= 15 is 0 Å². The first-order valence-electron chi connectivity index (χ1n) is 6.74. The van der Waals surface area contributed by atoms with Crippen molar-refractivity contribution >= 4 is 32.4 Å². The number of fused-ring (bicyclic) bond motifs is 1. The van der Waals surface area contributed by atoms with Crippen LogP contribution in [-0.2, 0) is 16.6 Å². The second kappa shape index (κ2) is 6.23. The predicted octanol–water partition coefficient (Wildman–Crippen LogP) is 3.51. The highest BCUT2D eigenvalue weighted by Crippen LogP contribution is 2.23. The molecule has 0 saturated carbocycles. The average Bonchev–Trinajstić information content (AvgIpc) is 2.53. The summed E-state index contributed by atoms with van der Waals surface area (Å²) in [4.78, 5) is 4.14. The van der Waals surface area contributed by atoms with E-state index in [0.717, 1.165) is 11.5 Å². The molecule has 0 unspecified atom stereocenters. The van der Waals surface area contributed by atoms with E-state index in [4.69, 9.17) is 11.6 Å². The normalized spacial score (nSPS) is 11.7. The van der Waals surface area contributed by atoms with Gasteiger partial charge >= 0.3 is 0 Å². The zero-order chi connectivity index (χ0) is 16.4. The summed E-state index contributed by atoms with van der Waals surface area (Å²) in [7, 11) is -3.74. The number of sulfonamides is 1. The van der Waals surface area contributed by atoms with E-state index < -0.39 is 15.8 Å². The van der Waals surface area contributed by atoms with Gasteiger partial charge in [0.1, 0.15) is 5.82 Å². The van der Waals surface area contributed by atoms with Gasteiger partial charge < -0.3 is 0 Å². The number of aromatic nitrogens is 1. The number of pyridine rings is 1. The van der Waals surface area contributed by atoms with E-state index in [-0.39, 0.29) is 16.5 Å². The second-order valence-corrected chi connectivity index (χ2v) is 7.06. The van der Waals surface area contributed by atoms with Crippen LogP contribution in [0.25, 0.3) is 10.8 Å². The molecule has 0 amide bonds. The lowest BCUT2D eigenvalue weighted by Gasteiger charge is -2.10. The fourth-order valence-electron chi connectivity index (χ4n) is 2.24. The van der Waals surface area contributed by atoms with Gasteiger partial charge in [-0.2, -0.15) is 0 Å².